The van der Waals surface area contributed by atoms with Crippen LogP contribution in [0.15, 0.2) is 72.9 Å². The van der Waals surface area contributed by atoms with Gasteiger partial charge in [0.15, 0.2) is 0 Å². The molecule has 1 heterocycles. The zero-order chi connectivity index (χ0) is 14.5. The van der Waals surface area contributed by atoms with E-state index in [1.165, 1.54) is 0 Å². The lowest BCUT2D eigenvalue weighted by atomic mass is 10.1. The Hall–Kier alpha value is -2.81. The van der Waals surface area contributed by atoms with E-state index in [1.807, 2.05) is 48.5 Å². The number of benzene rings is 2. The fourth-order valence-electron chi connectivity index (χ4n) is 2.03. The fraction of sp³-hybridized carbons (Fsp3) is 0.0556. The largest absolute Gasteiger partial charge is 0.508 e. The summed E-state index contributed by atoms with van der Waals surface area (Å²) in [6.45, 7) is 0.483. The van der Waals surface area contributed by atoms with E-state index in [0.29, 0.717) is 6.61 Å². The molecule has 104 valence electrons. The summed E-state index contributed by atoms with van der Waals surface area (Å²) in [5.74, 6) is 1.08. The van der Waals surface area contributed by atoms with E-state index in [4.69, 9.17) is 4.74 Å². The predicted molar refractivity (Wildman–Crippen MR) is 82.1 cm³/mol. The average Bonchev–Trinajstić information content (AvgIpc) is 2.54. The molecule has 2 aromatic carbocycles. The number of hydrogen-bond acceptors (Lipinski definition) is 3. The van der Waals surface area contributed by atoms with Crippen molar-refractivity contribution in [3.8, 4) is 22.8 Å². The summed E-state index contributed by atoms with van der Waals surface area (Å²) in [4.78, 5) is 4.41. The molecule has 3 nitrogen and oxygen atoms in total. The molecule has 0 amide bonds. The van der Waals surface area contributed by atoms with Crippen molar-refractivity contribution in [1.29, 1.82) is 0 Å². The summed E-state index contributed by atoms with van der Waals surface area (Å²) >= 11 is 0. The van der Waals surface area contributed by atoms with Crippen LogP contribution < -0.4 is 4.74 Å². The van der Waals surface area contributed by atoms with Crippen LogP contribution in [0.2, 0.25) is 0 Å². The molecule has 3 aromatic rings. The number of para-hydroxylation sites is 1. The molecule has 3 rings (SSSR count). The molecule has 0 saturated carbocycles. The lowest BCUT2D eigenvalue weighted by Crippen LogP contribution is -1.96. The van der Waals surface area contributed by atoms with Gasteiger partial charge in [0.1, 0.15) is 18.1 Å². The van der Waals surface area contributed by atoms with Crippen molar-refractivity contribution in [3.05, 3.63) is 78.5 Å². The van der Waals surface area contributed by atoms with Crippen LogP contribution in [-0.2, 0) is 6.61 Å². The topological polar surface area (TPSA) is 42.4 Å². The van der Waals surface area contributed by atoms with Crippen molar-refractivity contribution < 1.29 is 9.84 Å². The molecule has 0 aliphatic rings. The first-order valence-electron chi connectivity index (χ1n) is 6.73. The Bertz CT molecular complexity index is 709. The van der Waals surface area contributed by atoms with Crippen LogP contribution in [0.4, 0.5) is 0 Å². The number of phenols is 1. The monoisotopic (exact) mass is 277 g/mol. The number of pyridine rings is 1. The van der Waals surface area contributed by atoms with E-state index >= 15 is 0 Å². The van der Waals surface area contributed by atoms with Gasteiger partial charge in [-0.25, -0.2) is 0 Å². The molecule has 3 heteroatoms. The molecule has 0 bridgehead atoms. The molecule has 21 heavy (non-hydrogen) atoms. The summed E-state index contributed by atoms with van der Waals surface area (Å²) in [6.07, 6.45) is 1.79. The molecular formula is C18H15NO2. The van der Waals surface area contributed by atoms with E-state index in [-0.39, 0.29) is 5.75 Å². The van der Waals surface area contributed by atoms with Crippen LogP contribution in [0, 0.1) is 0 Å². The van der Waals surface area contributed by atoms with Gasteiger partial charge >= 0.3 is 0 Å². The van der Waals surface area contributed by atoms with Crippen molar-refractivity contribution in [2.45, 2.75) is 6.61 Å². The first-order valence-corrected chi connectivity index (χ1v) is 6.73. The van der Waals surface area contributed by atoms with Crippen molar-refractivity contribution in [1.82, 2.24) is 4.98 Å². The van der Waals surface area contributed by atoms with Crippen molar-refractivity contribution in [2.24, 2.45) is 0 Å². The van der Waals surface area contributed by atoms with Gasteiger partial charge in [-0.15, -0.1) is 0 Å². The van der Waals surface area contributed by atoms with Gasteiger partial charge in [0.2, 0.25) is 0 Å². The molecule has 0 spiro atoms. The third-order valence-corrected chi connectivity index (χ3v) is 3.12. The van der Waals surface area contributed by atoms with Crippen molar-refractivity contribution >= 4 is 0 Å². The molecule has 0 unspecified atom stereocenters. The third kappa shape index (κ3) is 3.39. The highest BCUT2D eigenvalue weighted by molar-refractivity contribution is 5.60. The second-order valence-corrected chi connectivity index (χ2v) is 4.70. The Morgan fingerprint density at radius 1 is 0.905 bits per heavy atom. The number of hydrogen-bond donors (Lipinski definition) is 1. The Labute approximate surface area is 123 Å². The highest BCUT2D eigenvalue weighted by Gasteiger charge is 2.01. The average molecular weight is 277 g/mol. The van der Waals surface area contributed by atoms with Gasteiger partial charge in [-0.05, 0) is 30.3 Å². The molecular weight excluding hydrogens is 262 g/mol. The molecule has 0 aliphatic heterocycles. The first kappa shape index (κ1) is 13.2. The lowest BCUT2D eigenvalue weighted by molar-refractivity contribution is 0.306. The van der Waals surface area contributed by atoms with Gasteiger partial charge in [0.05, 0.1) is 5.69 Å². The molecule has 0 atom stereocenters. The minimum atomic E-state index is 0.241. The van der Waals surface area contributed by atoms with Crippen molar-refractivity contribution in [2.75, 3.05) is 0 Å². The standard InChI is InChI=1S/C18H15NO2/c20-16-6-4-5-15(11-16)18-10-9-14(12-19-18)13-21-17-7-2-1-3-8-17/h1-12,20H,13H2. The number of aromatic nitrogens is 1. The Kier molecular flexibility index (Phi) is 3.83. The summed E-state index contributed by atoms with van der Waals surface area (Å²) in [6, 6.07) is 20.7. The van der Waals surface area contributed by atoms with E-state index in [9.17, 15) is 5.11 Å². The molecule has 1 N–H and O–H groups in total. The molecule has 0 saturated heterocycles. The number of ether oxygens (including phenoxy) is 1. The Balaban J connectivity index is 1.69. The summed E-state index contributed by atoms with van der Waals surface area (Å²) in [5, 5.41) is 9.49. The van der Waals surface area contributed by atoms with Gasteiger partial charge in [-0.2, -0.15) is 0 Å². The minimum absolute atomic E-state index is 0.241. The van der Waals surface area contributed by atoms with Crippen LogP contribution >= 0.6 is 0 Å². The third-order valence-electron chi connectivity index (χ3n) is 3.12. The molecule has 0 radical (unpaired) electrons. The first-order chi connectivity index (χ1) is 10.3. The maximum atomic E-state index is 9.49. The van der Waals surface area contributed by atoms with Gasteiger partial charge in [0, 0.05) is 17.3 Å². The van der Waals surface area contributed by atoms with E-state index < -0.39 is 0 Å². The molecule has 0 aliphatic carbocycles. The van der Waals surface area contributed by atoms with E-state index in [1.54, 1.807) is 24.4 Å². The van der Waals surface area contributed by atoms with Gasteiger partial charge in [-0.1, -0.05) is 36.4 Å². The van der Waals surface area contributed by atoms with E-state index in [2.05, 4.69) is 4.98 Å². The number of rotatable bonds is 4. The van der Waals surface area contributed by atoms with Gasteiger partial charge in [0.25, 0.3) is 0 Å². The number of nitrogens with zero attached hydrogens (tertiary/aromatic N) is 1. The van der Waals surface area contributed by atoms with Crippen LogP contribution in [0.5, 0.6) is 11.5 Å². The van der Waals surface area contributed by atoms with Gasteiger partial charge < -0.3 is 9.84 Å². The summed E-state index contributed by atoms with van der Waals surface area (Å²) < 4.78 is 5.68. The van der Waals surface area contributed by atoms with Crippen molar-refractivity contribution in [3.63, 3.8) is 0 Å². The number of phenolic OH excluding ortho intramolecular Hbond substituents is 1. The second-order valence-electron chi connectivity index (χ2n) is 4.70. The summed E-state index contributed by atoms with van der Waals surface area (Å²) in [5.41, 5.74) is 2.72. The molecule has 1 aromatic heterocycles. The lowest BCUT2D eigenvalue weighted by Gasteiger charge is -2.07. The van der Waals surface area contributed by atoms with Crippen LogP contribution in [0.1, 0.15) is 5.56 Å². The smallest absolute Gasteiger partial charge is 0.119 e. The number of aromatic hydroxyl groups is 1. The van der Waals surface area contributed by atoms with Crippen LogP contribution in [0.25, 0.3) is 11.3 Å². The van der Waals surface area contributed by atoms with Crippen LogP contribution in [0.3, 0.4) is 0 Å². The quantitative estimate of drug-likeness (QED) is 0.782. The SMILES string of the molecule is Oc1cccc(-c2ccc(COc3ccccc3)cn2)c1. The van der Waals surface area contributed by atoms with Crippen LogP contribution in [-0.4, -0.2) is 10.1 Å². The predicted octanol–water partition coefficient (Wildman–Crippen LogP) is 4.03. The molecule has 0 fully saturated rings. The fourth-order valence-corrected chi connectivity index (χ4v) is 2.03. The maximum Gasteiger partial charge on any atom is 0.119 e. The summed E-state index contributed by atoms with van der Waals surface area (Å²) in [7, 11) is 0. The highest BCUT2D eigenvalue weighted by Crippen LogP contribution is 2.21. The zero-order valence-corrected chi connectivity index (χ0v) is 11.4. The zero-order valence-electron chi connectivity index (χ0n) is 11.4. The van der Waals surface area contributed by atoms with E-state index in [0.717, 1.165) is 22.6 Å². The van der Waals surface area contributed by atoms with Gasteiger partial charge in [-0.3, -0.25) is 4.98 Å². The minimum Gasteiger partial charge on any atom is -0.508 e. The second kappa shape index (κ2) is 6.09. The Morgan fingerprint density at radius 3 is 2.48 bits per heavy atom. The Morgan fingerprint density at radius 2 is 1.76 bits per heavy atom. The normalized spacial score (nSPS) is 10.3. The highest BCUT2D eigenvalue weighted by atomic mass is 16.5. The maximum absolute atomic E-state index is 9.49.